The third kappa shape index (κ3) is 3.28. The molecule has 0 unspecified atom stereocenters. The molecule has 0 saturated carbocycles. The molecule has 6 nitrogen and oxygen atoms in total. The maximum atomic E-state index is 13.2. The number of aryl methyl sites for hydroxylation is 1. The highest BCUT2D eigenvalue weighted by Gasteiger charge is 2.24. The third-order valence-electron chi connectivity index (χ3n) is 5.82. The van der Waals surface area contributed by atoms with Crippen LogP contribution in [0.25, 0.3) is 10.9 Å². The van der Waals surface area contributed by atoms with Crippen molar-refractivity contribution in [3.8, 4) is 0 Å². The average molecular weight is 391 g/mol. The Balaban J connectivity index is 1.82. The summed E-state index contributed by atoms with van der Waals surface area (Å²) in [5.41, 5.74) is 1.83. The van der Waals surface area contributed by atoms with Crippen molar-refractivity contribution in [3.05, 3.63) is 74.9 Å². The summed E-state index contributed by atoms with van der Waals surface area (Å²) >= 11 is 0. The van der Waals surface area contributed by atoms with E-state index in [9.17, 15) is 14.4 Å². The van der Waals surface area contributed by atoms with Crippen LogP contribution in [0, 0.1) is 0 Å². The number of rotatable bonds is 4. The number of carbonyl (C=O) groups is 1. The standard InChI is InChI=1S/C23H25N3O3/c1-3-16(2)26-22(28)18-11-5-7-13-20(18)25(23(26)29)15-21(27)24-14-8-10-17-9-4-6-12-19(17)24/h4-7,9,11-13,16H,3,8,10,14-15H2,1-2H3/t16-/m1/s1. The van der Waals surface area contributed by atoms with Gasteiger partial charge in [-0.15, -0.1) is 0 Å². The topological polar surface area (TPSA) is 64.3 Å². The van der Waals surface area contributed by atoms with Gasteiger partial charge in [0.1, 0.15) is 6.54 Å². The van der Waals surface area contributed by atoms with Crippen LogP contribution in [0.3, 0.4) is 0 Å². The molecule has 1 aliphatic heterocycles. The van der Waals surface area contributed by atoms with Crippen molar-refractivity contribution < 1.29 is 4.79 Å². The first-order valence-corrected chi connectivity index (χ1v) is 10.1. The van der Waals surface area contributed by atoms with Crippen LogP contribution in [0.4, 0.5) is 5.69 Å². The van der Waals surface area contributed by atoms with E-state index < -0.39 is 5.69 Å². The molecule has 1 aromatic heterocycles. The lowest BCUT2D eigenvalue weighted by Crippen LogP contribution is -2.45. The summed E-state index contributed by atoms with van der Waals surface area (Å²) in [7, 11) is 0. The molecule has 29 heavy (non-hydrogen) atoms. The molecule has 0 N–H and O–H groups in total. The fourth-order valence-corrected chi connectivity index (χ4v) is 4.08. The van der Waals surface area contributed by atoms with Crippen LogP contribution in [-0.4, -0.2) is 21.6 Å². The van der Waals surface area contributed by atoms with Crippen LogP contribution in [0.15, 0.2) is 58.1 Å². The average Bonchev–Trinajstić information content (AvgIpc) is 2.76. The lowest BCUT2D eigenvalue weighted by atomic mass is 10.0. The van der Waals surface area contributed by atoms with Crippen molar-refractivity contribution in [1.29, 1.82) is 0 Å². The first-order chi connectivity index (χ1) is 14.0. The number of anilines is 1. The summed E-state index contributed by atoms with van der Waals surface area (Å²) in [5, 5.41) is 0.458. The van der Waals surface area contributed by atoms with Gasteiger partial charge in [0, 0.05) is 18.3 Å². The molecule has 2 heterocycles. The number of hydrogen-bond donors (Lipinski definition) is 0. The molecular formula is C23H25N3O3. The Hall–Kier alpha value is -3.15. The molecule has 0 radical (unpaired) electrons. The van der Waals surface area contributed by atoms with Gasteiger partial charge in [-0.1, -0.05) is 37.3 Å². The second kappa shape index (κ2) is 7.70. The monoisotopic (exact) mass is 391 g/mol. The van der Waals surface area contributed by atoms with Gasteiger partial charge in [-0.25, -0.2) is 4.79 Å². The molecule has 1 amide bonds. The first-order valence-electron chi connectivity index (χ1n) is 10.1. The molecule has 0 aliphatic carbocycles. The minimum Gasteiger partial charge on any atom is -0.311 e. The van der Waals surface area contributed by atoms with E-state index in [-0.39, 0.29) is 24.1 Å². The number of nitrogens with zero attached hydrogens (tertiary/aromatic N) is 3. The van der Waals surface area contributed by atoms with Crippen LogP contribution in [0.1, 0.15) is 38.3 Å². The predicted octanol–water partition coefficient (Wildman–Crippen LogP) is 3.11. The van der Waals surface area contributed by atoms with Crippen molar-refractivity contribution in [2.75, 3.05) is 11.4 Å². The summed E-state index contributed by atoms with van der Waals surface area (Å²) < 4.78 is 2.72. The Morgan fingerprint density at radius 2 is 1.79 bits per heavy atom. The van der Waals surface area contributed by atoms with Crippen molar-refractivity contribution in [3.63, 3.8) is 0 Å². The number of aromatic nitrogens is 2. The lowest BCUT2D eigenvalue weighted by molar-refractivity contribution is -0.119. The maximum Gasteiger partial charge on any atom is 0.332 e. The second-order valence-corrected chi connectivity index (χ2v) is 7.60. The lowest BCUT2D eigenvalue weighted by Gasteiger charge is -2.30. The highest BCUT2D eigenvalue weighted by Crippen LogP contribution is 2.27. The van der Waals surface area contributed by atoms with Gasteiger partial charge in [-0.3, -0.25) is 18.7 Å². The van der Waals surface area contributed by atoms with Crippen molar-refractivity contribution in [1.82, 2.24) is 9.13 Å². The minimum atomic E-state index is -0.429. The summed E-state index contributed by atoms with van der Waals surface area (Å²) in [6, 6.07) is 14.7. The zero-order valence-electron chi connectivity index (χ0n) is 16.8. The van der Waals surface area contributed by atoms with E-state index in [0.29, 0.717) is 23.9 Å². The zero-order valence-corrected chi connectivity index (χ0v) is 16.8. The van der Waals surface area contributed by atoms with Crippen LogP contribution in [0.2, 0.25) is 0 Å². The molecule has 0 saturated heterocycles. The minimum absolute atomic E-state index is 0.0929. The van der Waals surface area contributed by atoms with E-state index in [2.05, 4.69) is 0 Å². The van der Waals surface area contributed by atoms with E-state index in [1.807, 2.05) is 38.1 Å². The van der Waals surface area contributed by atoms with Gasteiger partial charge < -0.3 is 4.90 Å². The molecule has 6 heteroatoms. The van der Waals surface area contributed by atoms with E-state index in [4.69, 9.17) is 0 Å². The van der Waals surface area contributed by atoms with Crippen molar-refractivity contribution >= 4 is 22.5 Å². The summed E-state index contributed by atoms with van der Waals surface area (Å²) in [4.78, 5) is 41.1. The number of hydrogen-bond acceptors (Lipinski definition) is 3. The summed E-state index contributed by atoms with van der Waals surface area (Å²) in [6.07, 6.45) is 2.49. The van der Waals surface area contributed by atoms with E-state index >= 15 is 0 Å². The largest absolute Gasteiger partial charge is 0.332 e. The Bertz CT molecular complexity index is 1190. The van der Waals surface area contributed by atoms with Crippen LogP contribution in [-0.2, 0) is 17.8 Å². The SMILES string of the molecule is CC[C@@H](C)n1c(=O)c2ccccc2n(CC(=O)N2CCCc3ccccc32)c1=O. The van der Waals surface area contributed by atoms with Gasteiger partial charge in [-0.2, -0.15) is 0 Å². The Labute approximate surface area is 169 Å². The smallest absolute Gasteiger partial charge is 0.311 e. The first kappa shape index (κ1) is 19.2. The highest BCUT2D eigenvalue weighted by molar-refractivity contribution is 5.95. The van der Waals surface area contributed by atoms with E-state index in [0.717, 1.165) is 24.1 Å². The predicted molar refractivity (Wildman–Crippen MR) is 115 cm³/mol. The van der Waals surface area contributed by atoms with E-state index in [1.54, 1.807) is 29.2 Å². The van der Waals surface area contributed by atoms with Crippen molar-refractivity contribution in [2.45, 2.75) is 45.7 Å². The summed E-state index contributed by atoms with van der Waals surface area (Å²) in [5.74, 6) is -0.140. The van der Waals surface area contributed by atoms with Crippen LogP contribution >= 0.6 is 0 Å². The maximum absolute atomic E-state index is 13.2. The van der Waals surface area contributed by atoms with Crippen molar-refractivity contribution in [2.24, 2.45) is 0 Å². The second-order valence-electron chi connectivity index (χ2n) is 7.60. The van der Waals surface area contributed by atoms with Gasteiger partial charge in [0.15, 0.2) is 0 Å². The van der Waals surface area contributed by atoms with Crippen LogP contribution < -0.4 is 16.1 Å². The Morgan fingerprint density at radius 1 is 1.07 bits per heavy atom. The molecule has 1 aliphatic rings. The molecular weight excluding hydrogens is 366 g/mol. The van der Waals surface area contributed by atoms with Gasteiger partial charge in [0.2, 0.25) is 5.91 Å². The highest BCUT2D eigenvalue weighted by atomic mass is 16.2. The Kier molecular flexibility index (Phi) is 5.09. The fraction of sp³-hybridized carbons (Fsp3) is 0.348. The van der Waals surface area contributed by atoms with Gasteiger partial charge in [-0.05, 0) is 49.9 Å². The number of para-hydroxylation sites is 2. The fourth-order valence-electron chi connectivity index (χ4n) is 4.08. The molecule has 150 valence electrons. The molecule has 0 fully saturated rings. The Morgan fingerprint density at radius 3 is 2.59 bits per heavy atom. The molecule has 2 aromatic carbocycles. The van der Waals surface area contributed by atoms with E-state index in [1.165, 1.54) is 9.13 Å². The van der Waals surface area contributed by atoms with Gasteiger partial charge >= 0.3 is 5.69 Å². The molecule has 0 spiro atoms. The summed E-state index contributed by atoms with van der Waals surface area (Å²) in [6.45, 7) is 4.33. The normalized spacial score (nSPS) is 14.6. The molecule has 0 bridgehead atoms. The number of benzene rings is 2. The molecule has 4 rings (SSSR count). The molecule has 3 aromatic rings. The zero-order chi connectivity index (χ0) is 20.5. The molecule has 1 atom stereocenters. The number of fused-ring (bicyclic) bond motifs is 2. The van der Waals surface area contributed by atoms with Crippen LogP contribution in [0.5, 0.6) is 0 Å². The number of carbonyl (C=O) groups excluding carboxylic acids is 1. The quantitative estimate of drug-likeness (QED) is 0.686. The number of amides is 1. The van der Waals surface area contributed by atoms with Gasteiger partial charge in [0.25, 0.3) is 5.56 Å². The third-order valence-corrected chi connectivity index (χ3v) is 5.82. The van der Waals surface area contributed by atoms with Gasteiger partial charge in [0.05, 0.1) is 10.9 Å².